The Bertz CT molecular complexity index is 949. The van der Waals surface area contributed by atoms with Crippen LogP contribution in [0, 0.1) is 5.41 Å². The smallest absolute Gasteiger partial charge is 0.255 e. The van der Waals surface area contributed by atoms with Crippen LogP contribution in [0.25, 0.3) is 0 Å². The predicted molar refractivity (Wildman–Crippen MR) is 131 cm³/mol. The molecule has 3 heterocycles. The molecule has 4 rings (SSSR count). The lowest BCUT2D eigenvalue weighted by Crippen LogP contribution is -2.52. The Kier molecular flexibility index (Phi) is 7.59. The van der Waals surface area contributed by atoms with Crippen molar-refractivity contribution in [3.8, 4) is 5.75 Å². The number of allylic oxidation sites excluding steroid dienone is 1. The fourth-order valence-corrected chi connectivity index (χ4v) is 5.52. The molecular weight excluding hydrogens is 430 g/mol. The summed E-state index contributed by atoms with van der Waals surface area (Å²) in [6, 6.07) is 7.09. The third-order valence-electron chi connectivity index (χ3n) is 7.76. The van der Waals surface area contributed by atoms with Gasteiger partial charge in [-0.2, -0.15) is 0 Å². The first-order valence-electron chi connectivity index (χ1n) is 12.6. The molecule has 0 saturated carbocycles. The molecule has 1 aromatic carbocycles. The Morgan fingerprint density at radius 1 is 1.12 bits per heavy atom. The minimum atomic E-state index is -0.312. The molecule has 2 fully saturated rings. The molecule has 3 aliphatic heterocycles. The lowest BCUT2D eigenvalue weighted by atomic mass is 9.74. The van der Waals surface area contributed by atoms with Gasteiger partial charge in [0, 0.05) is 39.5 Å². The van der Waals surface area contributed by atoms with E-state index in [1.807, 2.05) is 29.2 Å². The molecule has 0 bridgehead atoms. The SMILES string of the molecule is CC(=O)N1CCC[C@H]1C(=O)N1CCC2(CC/C=C(\C)CCOc3ccccc3C(=O)NC2)CC1. The molecule has 1 spiro atoms. The molecule has 0 unspecified atom stereocenters. The minimum Gasteiger partial charge on any atom is -0.492 e. The highest BCUT2D eigenvalue weighted by Crippen LogP contribution is 2.37. The number of likely N-dealkylation sites (tertiary alicyclic amines) is 2. The van der Waals surface area contributed by atoms with E-state index in [0.717, 1.165) is 44.9 Å². The fraction of sp³-hybridized carbons (Fsp3) is 0.593. The van der Waals surface area contributed by atoms with Gasteiger partial charge in [0.25, 0.3) is 5.91 Å². The van der Waals surface area contributed by atoms with Gasteiger partial charge in [0.05, 0.1) is 12.2 Å². The molecule has 7 heteroatoms. The first-order valence-corrected chi connectivity index (χ1v) is 12.6. The van der Waals surface area contributed by atoms with E-state index in [2.05, 4.69) is 18.3 Å². The van der Waals surface area contributed by atoms with Gasteiger partial charge in [0.2, 0.25) is 11.8 Å². The van der Waals surface area contributed by atoms with Crippen LogP contribution >= 0.6 is 0 Å². The van der Waals surface area contributed by atoms with Crippen molar-refractivity contribution in [3.05, 3.63) is 41.5 Å². The monoisotopic (exact) mass is 467 g/mol. The van der Waals surface area contributed by atoms with Crippen molar-refractivity contribution in [1.29, 1.82) is 0 Å². The molecule has 0 aromatic heterocycles. The van der Waals surface area contributed by atoms with Gasteiger partial charge in [-0.25, -0.2) is 0 Å². The molecule has 2 saturated heterocycles. The molecule has 1 atom stereocenters. The molecule has 184 valence electrons. The van der Waals surface area contributed by atoms with Crippen molar-refractivity contribution in [2.24, 2.45) is 5.41 Å². The zero-order valence-corrected chi connectivity index (χ0v) is 20.5. The Labute approximate surface area is 202 Å². The maximum Gasteiger partial charge on any atom is 0.255 e. The lowest BCUT2D eigenvalue weighted by Gasteiger charge is -2.43. The highest BCUT2D eigenvalue weighted by molar-refractivity contribution is 5.97. The number of nitrogens with zero attached hydrogens (tertiary/aromatic N) is 2. The lowest BCUT2D eigenvalue weighted by molar-refractivity contribution is -0.144. The standard InChI is InChI=1S/C27H37N3O4/c1-20-7-5-12-27(19-28-25(32)22-8-3-4-10-24(22)34-18-11-20)13-16-29(17-14-27)26(33)23-9-6-15-30(23)21(2)31/h3-4,7-8,10,23H,5-6,9,11-19H2,1-2H3,(H,28,32)/b20-7+/t23-/m0/s1. The first kappa shape index (κ1) is 24.3. The zero-order valence-electron chi connectivity index (χ0n) is 20.5. The van der Waals surface area contributed by atoms with E-state index in [4.69, 9.17) is 4.74 Å². The number of hydrogen-bond acceptors (Lipinski definition) is 4. The first-order chi connectivity index (χ1) is 16.4. The van der Waals surface area contributed by atoms with Crippen LogP contribution in [0.2, 0.25) is 0 Å². The van der Waals surface area contributed by atoms with Crippen LogP contribution in [0.5, 0.6) is 5.75 Å². The quantitative estimate of drug-likeness (QED) is 0.641. The molecule has 0 aliphatic carbocycles. The number of hydrogen-bond donors (Lipinski definition) is 1. The molecule has 1 aromatic rings. The van der Waals surface area contributed by atoms with Crippen molar-refractivity contribution in [1.82, 2.24) is 15.1 Å². The number of ether oxygens (including phenoxy) is 1. The number of para-hydroxylation sites is 1. The topological polar surface area (TPSA) is 79.0 Å². The average molecular weight is 468 g/mol. The molecule has 0 radical (unpaired) electrons. The Balaban J connectivity index is 1.46. The van der Waals surface area contributed by atoms with Gasteiger partial charge in [0.1, 0.15) is 11.8 Å². The van der Waals surface area contributed by atoms with E-state index in [1.54, 1.807) is 11.8 Å². The molecule has 34 heavy (non-hydrogen) atoms. The molecule has 1 N–H and O–H groups in total. The second kappa shape index (κ2) is 10.6. The third kappa shape index (κ3) is 5.45. The van der Waals surface area contributed by atoms with Gasteiger partial charge < -0.3 is 19.9 Å². The van der Waals surface area contributed by atoms with Gasteiger partial charge >= 0.3 is 0 Å². The van der Waals surface area contributed by atoms with Crippen LogP contribution in [0.4, 0.5) is 0 Å². The summed E-state index contributed by atoms with van der Waals surface area (Å²) < 4.78 is 5.92. The van der Waals surface area contributed by atoms with Crippen LogP contribution in [0.3, 0.4) is 0 Å². The largest absolute Gasteiger partial charge is 0.492 e. The summed E-state index contributed by atoms with van der Waals surface area (Å²) >= 11 is 0. The van der Waals surface area contributed by atoms with Crippen LogP contribution in [0.15, 0.2) is 35.9 Å². The summed E-state index contributed by atoms with van der Waals surface area (Å²) in [5.41, 5.74) is 1.81. The molecule has 3 amide bonds. The summed E-state index contributed by atoms with van der Waals surface area (Å²) in [6.07, 6.45) is 8.37. The molecule has 7 nitrogen and oxygen atoms in total. The number of carbonyl (C=O) groups is 3. The number of amides is 3. The molecular formula is C27H37N3O4. The van der Waals surface area contributed by atoms with Crippen molar-refractivity contribution < 1.29 is 19.1 Å². The van der Waals surface area contributed by atoms with Crippen LogP contribution in [0.1, 0.15) is 69.2 Å². The summed E-state index contributed by atoms with van der Waals surface area (Å²) in [6.45, 7) is 6.82. The maximum absolute atomic E-state index is 13.2. The van der Waals surface area contributed by atoms with E-state index in [-0.39, 0.29) is 29.2 Å². The Morgan fingerprint density at radius 3 is 2.65 bits per heavy atom. The highest BCUT2D eigenvalue weighted by Gasteiger charge is 2.40. The number of nitrogens with one attached hydrogen (secondary N) is 1. The zero-order chi connectivity index (χ0) is 24.1. The summed E-state index contributed by atoms with van der Waals surface area (Å²) in [5, 5.41) is 3.17. The minimum absolute atomic E-state index is 0.0197. The van der Waals surface area contributed by atoms with E-state index in [9.17, 15) is 14.4 Å². The van der Waals surface area contributed by atoms with Crippen LogP contribution in [-0.4, -0.2) is 66.3 Å². The Morgan fingerprint density at radius 2 is 1.88 bits per heavy atom. The number of fused-ring (bicyclic) bond motifs is 1. The summed E-state index contributed by atoms with van der Waals surface area (Å²) in [4.78, 5) is 41.8. The van der Waals surface area contributed by atoms with Gasteiger partial charge in [0.15, 0.2) is 0 Å². The van der Waals surface area contributed by atoms with Gasteiger partial charge in [-0.3, -0.25) is 14.4 Å². The Hall–Kier alpha value is -2.83. The van der Waals surface area contributed by atoms with Crippen LogP contribution in [-0.2, 0) is 9.59 Å². The van der Waals surface area contributed by atoms with Crippen molar-refractivity contribution >= 4 is 17.7 Å². The predicted octanol–water partition coefficient (Wildman–Crippen LogP) is 3.55. The normalized spacial score (nSPS) is 25.1. The van der Waals surface area contributed by atoms with E-state index < -0.39 is 0 Å². The summed E-state index contributed by atoms with van der Waals surface area (Å²) in [5.74, 6) is 0.570. The number of rotatable bonds is 1. The van der Waals surface area contributed by atoms with E-state index in [1.165, 1.54) is 5.57 Å². The van der Waals surface area contributed by atoms with Gasteiger partial charge in [-0.1, -0.05) is 23.8 Å². The van der Waals surface area contributed by atoms with Crippen LogP contribution < -0.4 is 10.1 Å². The highest BCUT2D eigenvalue weighted by atomic mass is 16.5. The number of carbonyl (C=O) groups excluding carboxylic acids is 3. The van der Waals surface area contributed by atoms with Gasteiger partial charge in [-0.15, -0.1) is 0 Å². The van der Waals surface area contributed by atoms with E-state index >= 15 is 0 Å². The second-order valence-corrected chi connectivity index (χ2v) is 10.1. The molecule has 3 aliphatic rings. The average Bonchev–Trinajstić information content (AvgIpc) is 3.33. The fourth-order valence-electron chi connectivity index (χ4n) is 5.52. The van der Waals surface area contributed by atoms with Crippen molar-refractivity contribution in [3.63, 3.8) is 0 Å². The number of piperidine rings is 1. The van der Waals surface area contributed by atoms with E-state index in [0.29, 0.717) is 44.1 Å². The van der Waals surface area contributed by atoms with Gasteiger partial charge in [-0.05, 0) is 63.0 Å². The summed E-state index contributed by atoms with van der Waals surface area (Å²) in [7, 11) is 0. The van der Waals surface area contributed by atoms with Crippen molar-refractivity contribution in [2.75, 3.05) is 32.8 Å². The maximum atomic E-state index is 13.2. The van der Waals surface area contributed by atoms with Crippen molar-refractivity contribution in [2.45, 2.75) is 64.8 Å². The number of benzene rings is 1. The second-order valence-electron chi connectivity index (χ2n) is 10.1. The third-order valence-corrected chi connectivity index (χ3v) is 7.76.